The summed E-state index contributed by atoms with van der Waals surface area (Å²) in [6.45, 7) is 3.36. The Balaban J connectivity index is 1.92. The number of carbonyl (C=O) groups is 1. The van der Waals surface area contributed by atoms with Crippen molar-refractivity contribution in [1.29, 1.82) is 0 Å². The lowest BCUT2D eigenvalue weighted by atomic mass is 10.0. The second-order valence-corrected chi connectivity index (χ2v) is 10.0. The van der Waals surface area contributed by atoms with Crippen LogP contribution in [0.3, 0.4) is 0 Å². The van der Waals surface area contributed by atoms with Crippen molar-refractivity contribution in [2.75, 3.05) is 19.6 Å². The molecular formula is C29H54N3O2+. The molecule has 5 heteroatoms. The van der Waals surface area contributed by atoms with Crippen LogP contribution < -0.4 is 5.73 Å². The van der Waals surface area contributed by atoms with Crippen molar-refractivity contribution in [2.45, 2.75) is 129 Å². The highest BCUT2D eigenvalue weighted by Gasteiger charge is 2.36. The van der Waals surface area contributed by atoms with Crippen LogP contribution in [-0.4, -0.2) is 41.0 Å². The monoisotopic (exact) mass is 476 g/mol. The van der Waals surface area contributed by atoms with Gasteiger partial charge in [-0.05, 0) is 25.7 Å². The van der Waals surface area contributed by atoms with Crippen molar-refractivity contribution in [1.82, 2.24) is 0 Å². The summed E-state index contributed by atoms with van der Waals surface area (Å²) in [5.41, 5.74) is 5.73. The fourth-order valence-corrected chi connectivity index (χ4v) is 4.88. The average Bonchev–Trinajstić information content (AvgIpc) is 3.19. The number of hydrogen-bond donors (Lipinski definition) is 2. The van der Waals surface area contributed by atoms with Crippen molar-refractivity contribution in [3.05, 3.63) is 24.6 Å². The van der Waals surface area contributed by atoms with E-state index in [1.165, 1.54) is 103 Å². The molecule has 0 aromatic carbocycles. The van der Waals surface area contributed by atoms with Crippen LogP contribution in [0.1, 0.15) is 129 Å². The maximum Gasteiger partial charge on any atom is 0.360 e. The smallest absolute Gasteiger partial charge is 0.360 e. The predicted molar refractivity (Wildman–Crippen MR) is 146 cm³/mol. The lowest BCUT2D eigenvalue weighted by Gasteiger charge is -2.30. The van der Waals surface area contributed by atoms with Gasteiger partial charge in [0.05, 0.1) is 6.20 Å². The number of allylic oxidation sites excluding steroid dienone is 2. The van der Waals surface area contributed by atoms with Gasteiger partial charge in [-0.1, -0.05) is 109 Å². The molecule has 5 nitrogen and oxygen atoms in total. The Morgan fingerprint density at radius 2 is 1.35 bits per heavy atom. The van der Waals surface area contributed by atoms with Crippen molar-refractivity contribution in [2.24, 2.45) is 10.7 Å². The number of hydrogen-bond acceptors (Lipinski definition) is 3. The molecule has 0 amide bonds. The summed E-state index contributed by atoms with van der Waals surface area (Å²) < 4.78 is 0.286. The zero-order valence-electron chi connectivity index (χ0n) is 22.2. The summed E-state index contributed by atoms with van der Waals surface area (Å²) >= 11 is 0. The topological polar surface area (TPSA) is 75.7 Å². The van der Waals surface area contributed by atoms with E-state index in [1.807, 2.05) is 6.20 Å². The van der Waals surface area contributed by atoms with Gasteiger partial charge in [0, 0.05) is 13.0 Å². The number of amidine groups is 1. The van der Waals surface area contributed by atoms with Gasteiger partial charge in [0.2, 0.25) is 5.84 Å². The highest BCUT2D eigenvalue weighted by atomic mass is 16.4. The van der Waals surface area contributed by atoms with Crippen molar-refractivity contribution >= 4 is 11.8 Å². The number of quaternary nitrogens is 1. The van der Waals surface area contributed by atoms with Crippen LogP contribution in [-0.2, 0) is 4.79 Å². The molecule has 0 spiro atoms. The number of unbranched alkanes of at least 4 members (excludes halogenated alkanes) is 16. The lowest BCUT2D eigenvalue weighted by molar-refractivity contribution is -0.778. The molecule has 1 aliphatic rings. The van der Waals surface area contributed by atoms with Crippen molar-refractivity contribution < 1.29 is 14.4 Å². The van der Waals surface area contributed by atoms with Gasteiger partial charge in [0.1, 0.15) is 12.7 Å². The fourth-order valence-electron chi connectivity index (χ4n) is 4.88. The van der Waals surface area contributed by atoms with Gasteiger partial charge in [0.15, 0.2) is 6.54 Å². The molecule has 0 radical (unpaired) electrons. The van der Waals surface area contributed by atoms with Crippen LogP contribution in [0.25, 0.3) is 0 Å². The SMILES string of the molecule is CCCCCCCCCCCCCCCCC/C=C/CCCC1=NC=C[N+]1(CCN)CC(=O)O. The third-order valence-corrected chi connectivity index (χ3v) is 6.95. The van der Waals surface area contributed by atoms with E-state index in [0.29, 0.717) is 13.1 Å². The predicted octanol–water partition coefficient (Wildman–Crippen LogP) is 7.72. The molecule has 1 aliphatic heterocycles. The molecule has 0 fully saturated rings. The Bertz CT molecular complexity index is 600. The molecule has 1 atom stereocenters. The molecule has 0 saturated heterocycles. The molecule has 196 valence electrons. The third kappa shape index (κ3) is 14.7. The normalized spacial score (nSPS) is 17.6. The van der Waals surface area contributed by atoms with E-state index >= 15 is 0 Å². The zero-order chi connectivity index (χ0) is 24.7. The van der Waals surface area contributed by atoms with Crippen LogP contribution in [0.2, 0.25) is 0 Å². The highest BCUT2D eigenvalue weighted by molar-refractivity contribution is 5.81. The molecule has 1 unspecified atom stereocenters. The van der Waals surface area contributed by atoms with Gasteiger partial charge in [-0.25, -0.2) is 14.3 Å². The molecule has 0 aromatic rings. The summed E-state index contributed by atoms with van der Waals surface area (Å²) in [5, 5.41) is 9.27. The second-order valence-electron chi connectivity index (χ2n) is 10.0. The molecule has 0 bridgehead atoms. The van der Waals surface area contributed by atoms with E-state index in [0.717, 1.165) is 25.1 Å². The number of nitrogens with two attached hydrogens (primary N) is 1. The molecule has 1 rings (SSSR count). The largest absolute Gasteiger partial charge is 0.477 e. The van der Waals surface area contributed by atoms with Gasteiger partial charge in [0.25, 0.3) is 0 Å². The van der Waals surface area contributed by atoms with Crippen LogP contribution in [0.5, 0.6) is 0 Å². The number of rotatable bonds is 24. The minimum absolute atomic E-state index is 0.0293. The fraction of sp³-hybridized carbons (Fsp3) is 0.793. The minimum atomic E-state index is -0.809. The Kier molecular flexibility index (Phi) is 18.8. The van der Waals surface area contributed by atoms with Gasteiger partial charge in [-0.2, -0.15) is 0 Å². The van der Waals surface area contributed by atoms with Gasteiger partial charge < -0.3 is 10.8 Å². The van der Waals surface area contributed by atoms with Gasteiger partial charge in [-0.3, -0.25) is 0 Å². The maximum absolute atomic E-state index is 11.3. The van der Waals surface area contributed by atoms with Crippen LogP contribution in [0.15, 0.2) is 29.5 Å². The van der Waals surface area contributed by atoms with Gasteiger partial charge in [-0.15, -0.1) is 0 Å². The number of carboxylic acid groups (broad SMARTS) is 1. The van der Waals surface area contributed by atoms with E-state index in [-0.39, 0.29) is 11.0 Å². The number of aliphatic carboxylic acids is 1. The Hall–Kier alpha value is -1.46. The first-order chi connectivity index (χ1) is 16.6. The summed E-state index contributed by atoms with van der Waals surface area (Å²) in [6.07, 6.45) is 33.3. The first-order valence-electron chi connectivity index (χ1n) is 14.3. The van der Waals surface area contributed by atoms with Crippen LogP contribution in [0.4, 0.5) is 0 Å². The van der Waals surface area contributed by atoms with E-state index in [9.17, 15) is 9.90 Å². The van der Waals surface area contributed by atoms with Crippen molar-refractivity contribution in [3.8, 4) is 0 Å². The number of aliphatic imine (C=N–C) groups is 1. The van der Waals surface area contributed by atoms with Crippen molar-refractivity contribution in [3.63, 3.8) is 0 Å². The Morgan fingerprint density at radius 3 is 1.85 bits per heavy atom. The third-order valence-electron chi connectivity index (χ3n) is 6.95. The second kappa shape index (κ2) is 20.9. The van der Waals surface area contributed by atoms with E-state index in [2.05, 4.69) is 24.1 Å². The summed E-state index contributed by atoms with van der Waals surface area (Å²) in [4.78, 5) is 15.7. The van der Waals surface area contributed by atoms with E-state index in [1.54, 1.807) is 6.20 Å². The van der Waals surface area contributed by atoms with Gasteiger partial charge >= 0.3 is 5.97 Å². The zero-order valence-corrected chi connectivity index (χ0v) is 22.2. The number of nitrogens with zero attached hydrogens (tertiary/aromatic N) is 2. The van der Waals surface area contributed by atoms with E-state index < -0.39 is 5.97 Å². The molecule has 0 aromatic heterocycles. The quantitative estimate of drug-likeness (QED) is 0.0850. The first kappa shape index (κ1) is 30.6. The minimum Gasteiger partial charge on any atom is -0.477 e. The van der Waals surface area contributed by atoms with Crippen LogP contribution >= 0.6 is 0 Å². The molecule has 0 aliphatic carbocycles. The maximum atomic E-state index is 11.3. The summed E-state index contributed by atoms with van der Waals surface area (Å²) in [5.74, 6) is 0.125. The summed E-state index contributed by atoms with van der Waals surface area (Å²) in [7, 11) is 0. The summed E-state index contributed by atoms with van der Waals surface area (Å²) in [6, 6.07) is 0. The molecular weight excluding hydrogens is 422 g/mol. The highest BCUT2D eigenvalue weighted by Crippen LogP contribution is 2.20. The van der Waals surface area contributed by atoms with E-state index in [4.69, 9.17) is 5.73 Å². The Labute approximate surface area is 210 Å². The standard InChI is InChI=1S/C29H53N3O2/c1-2-3-4-5-6-7-8-9-10-11-12-13-14-15-16-17-18-19-20-21-22-28-31-24-26-32(28,25-23-30)27-29(33)34/h18-19,24,26H,2-17,20-23,25,27,30H2,1H3/p+1/b19-18+. The number of carboxylic acids is 1. The van der Waals surface area contributed by atoms with Crippen LogP contribution in [0, 0.1) is 0 Å². The average molecular weight is 477 g/mol. The molecule has 0 saturated carbocycles. The Morgan fingerprint density at radius 1 is 0.853 bits per heavy atom. The molecule has 34 heavy (non-hydrogen) atoms. The first-order valence-corrected chi connectivity index (χ1v) is 14.3. The molecule has 3 N–H and O–H groups in total. The lowest BCUT2D eigenvalue weighted by Crippen LogP contribution is -2.52. The molecule has 1 heterocycles.